The summed E-state index contributed by atoms with van der Waals surface area (Å²) in [5.74, 6) is -0.706. The van der Waals surface area contributed by atoms with Gasteiger partial charge in [-0.3, -0.25) is 4.79 Å². The Balaban J connectivity index is 3.10. The van der Waals surface area contributed by atoms with E-state index in [1.54, 1.807) is 0 Å². The van der Waals surface area contributed by atoms with Crippen molar-refractivity contribution < 1.29 is 75.9 Å². The molecule has 0 aliphatic heterocycles. The highest BCUT2D eigenvalue weighted by Crippen LogP contribution is 2.06. The summed E-state index contributed by atoms with van der Waals surface area (Å²) in [5.41, 5.74) is -0.515. The van der Waals surface area contributed by atoms with Crippen molar-refractivity contribution in [1.82, 2.24) is 0 Å². The standard InChI is InChI=1S/C32H62O16/c1-30(33)47-28-27-45-24-23-43-20-19-41-16-15-39-12-11-37-8-7-35-5-6-36-9-10-38-13-14-40-17-18-42-21-22-44-25-26-46-29-31(34)48-32(2,3)4/h5-29H2,1-4H3. The molecule has 0 aromatic rings. The number of rotatable bonds is 38. The molecule has 0 radical (unpaired) electrons. The third-order valence-electron chi connectivity index (χ3n) is 5.27. The van der Waals surface area contributed by atoms with Crippen LogP contribution in [0.15, 0.2) is 0 Å². The first kappa shape index (κ1) is 46.5. The van der Waals surface area contributed by atoms with Gasteiger partial charge in [0.05, 0.1) is 152 Å². The summed E-state index contributed by atoms with van der Waals surface area (Å²) in [6, 6.07) is 0. The van der Waals surface area contributed by atoms with Crippen LogP contribution in [0, 0.1) is 0 Å². The van der Waals surface area contributed by atoms with E-state index in [2.05, 4.69) is 0 Å². The Morgan fingerprint density at radius 2 is 0.562 bits per heavy atom. The summed E-state index contributed by atoms with van der Waals surface area (Å²) in [6.45, 7) is 17.5. The largest absolute Gasteiger partial charge is 0.463 e. The Hall–Kier alpha value is -1.54. The maximum absolute atomic E-state index is 11.5. The molecule has 286 valence electrons. The Morgan fingerprint density at radius 3 is 0.771 bits per heavy atom. The average molecular weight is 703 g/mol. The Morgan fingerprint density at radius 1 is 0.354 bits per heavy atom. The third-order valence-corrected chi connectivity index (χ3v) is 5.27. The van der Waals surface area contributed by atoms with Gasteiger partial charge in [-0.25, -0.2) is 4.79 Å². The van der Waals surface area contributed by atoms with Crippen LogP contribution in [0.5, 0.6) is 0 Å². The third kappa shape index (κ3) is 42.5. The van der Waals surface area contributed by atoms with Crippen molar-refractivity contribution in [2.75, 3.05) is 165 Å². The van der Waals surface area contributed by atoms with Crippen LogP contribution in [0.4, 0.5) is 0 Å². The highest BCUT2D eigenvalue weighted by Gasteiger charge is 2.15. The molecule has 0 aromatic carbocycles. The minimum Gasteiger partial charge on any atom is -0.463 e. The van der Waals surface area contributed by atoms with E-state index in [0.717, 1.165) is 0 Å². The second-order valence-electron chi connectivity index (χ2n) is 10.7. The van der Waals surface area contributed by atoms with Crippen LogP contribution in [0.2, 0.25) is 0 Å². The molecule has 48 heavy (non-hydrogen) atoms. The van der Waals surface area contributed by atoms with E-state index in [1.807, 2.05) is 20.8 Å². The predicted molar refractivity (Wildman–Crippen MR) is 172 cm³/mol. The van der Waals surface area contributed by atoms with Crippen molar-refractivity contribution in [3.8, 4) is 0 Å². The van der Waals surface area contributed by atoms with Gasteiger partial charge >= 0.3 is 11.9 Å². The highest BCUT2D eigenvalue weighted by atomic mass is 16.6. The first-order valence-electron chi connectivity index (χ1n) is 16.6. The van der Waals surface area contributed by atoms with Gasteiger partial charge < -0.3 is 66.3 Å². The van der Waals surface area contributed by atoms with Crippen LogP contribution in [0.1, 0.15) is 27.7 Å². The second-order valence-corrected chi connectivity index (χ2v) is 10.7. The van der Waals surface area contributed by atoms with Crippen LogP contribution in [0.3, 0.4) is 0 Å². The molecular weight excluding hydrogens is 640 g/mol. The molecule has 16 heteroatoms. The van der Waals surface area contributed by atoms with Gasteiger partial charge in [-0.05, 0) is 20.8 Å². The molecule has 0 saturated carbocycles. The van der Waals surface area contributed by atoms with Gasteiger partial charge in [0.1, 0.15) is 18.8 Å². The molecule has 16 nitrogen and oxygen atoms in total. The maximum atomic E-state index is 11.5. The van der Waals surface area contributed by atoms with Crippen molar-refractivity contribution in [1.29, 1.82) is 0 Å². The Bertz CT molecular complexity index is 692. The fraction of sp³-hybridized carbons (Fsp3) is 0.938. The monoisotopic (exact) mass is 702 g/mol. The number of hydrogen-bond donors (Lipinski definition) is 0. The highest BCUT2D eigenvalue weighted by molar-refractivity contribution is 5.71. The zero-order valence-electron chi connectivity index (χ0n) is 29.7. The van der Waals surface area contributed by atoms with Gasteiger partial charge in [-0.2, -0.15) is 0 Å². The van der Waals surface area contributed by atoms with Crippen molar-refractivity contribution in [3.63, 3.8) is 0 Å². The first-order chi connectivity index (χ1) is 23.3. The lowest BCUT2D eigenvalue weighted by Gasteiger charge is -2.19. The SMILES string of the molecule is CC(=O)OCCOCCOCCOCCOCCOCCOCCOCCOCCOCCOCCOCCOCC(=O)OC(C)(C)C. The molecule has 0 N–H and O–H groups in total. The molecule has 0 spiro atoms. The van der Waals surface area contributed by atoms with Crippen molar-refractivity contribution in [3.05, 3.63) is 0 Å². The number of esters is 2. The lowest BCUT2D eigenvalue weighted by molar-refractivity contribution is -0.160. The fourth-order valence-electron chi connectivity index (χ4n) is 3.19. The molecule has 0 aliphatic rings. The number of hydrogen-bond acceptors (Lipinski definition) is 16. The molecule has 0 bridgehead atoms. The van der Waals surface area contributed by atoms with Crippen LogP contribution in [-0.2, 0) is 75.9 Å². The predicted octanol–water partition coefficient (Wildman–Crippen LogP) is 1.09. The van der Waals surface area contributed by atoms with Gasteiger partial charge in [0.2, 0.25) is 0 Å². The fourth-order valence-corrected chi connectivity index (χ4v) is 3.19. The number of ether oxygens (including phenoxy) is 14. The van der Waals surface area contributed by atoms with Gasteiger partial charge in [0.15, 0.2) is 0 Å². The zero-order valence-corrected chi connectivity index (χ0v) is 29.7. The molecule has 0 fully saturated rings. The van der Waals surface area contributed by atoms with E-state index in [1.165, 1.54) is 6.92 Å². The minimum atomic E-state index is -0.515. The van der Waals surface area contributed by atoms with Crippen molar-refractivity contribution in [2.45, 2.75) is 33.3 Å². The summed E-state index contributed by atoms with van der Waals surface area (Å²) in [5, 5.41) is 0. The van der Waals surface area contributed by atoms with E-state index in [-0.39, 0.29) is 19.2 Å². The van der Waals surface area contributed by atoms with Crippen molar-refractivity contribution >= 4 is 11.9 Å². The second kappa shape index (κ2) is 36.7. The molecular formula is C32H62O16. The number of carbonyl (C=O) groups is 2. The van der Waals surface area contributed by atoms with Crippen LogP contribution in [0.25, 0.3) is 0 Å². The molecule has 0 unspecified atom stereocenters. The van der Waals surface area contributed by atoms with Crippen LogP contribution >= 0.6 is 0 Å². The average Bonchev–Trinajstić information content (AvgIpc) is 3.03. The van der Waals surface area contributed by atoms with E-state index in [4.69, 9.17) is 66.3 Å². The van der Waals surface area contributed by atoms with Crippen LogP contribution in [-0.4, -0.2) is 183 Å². The summed E-state index contributed by atoms with van der Waals surface area (Å²) in [4.78, 5) is 22.1. The molecule has 0 heterocycles. The molecule has 0 aliphatic carbocycles. The Kier molecular flexibility index (Phi) is 35.6. The molecule has 0 saturated heterocycles. The van der Waals surface area contributed by atoms with Gasteiger partial charge in [0, 0.05) is 6.92 Å². The lowest BCUT2D eigenvalue weighted by Crippen LogP contribution is -2.27. The smallest absolute Gasteiger partial charge is 0.332 e. The lowest BCUT2D eigenvalue weighted by atomic mass is 10.2. The summed E-state index contributed by atoms with van der Waals surface area (Å²) < 4.78 is 74.7. The first-order valence-corrected chi connectivity index (χ1v) is 16.6. The summed E-state index contributed by atoms with van der Waals surface area (Å²) in [6.07, 6.45) is 0. The summed E-state index contributed by atoms with van der Waals surface area (Å²) >= 11 is 0. The normalized spacial score (nSPS) is 11.7. The van der Waals surface area contributed by atoms with E-state index < -0.39 is 11.6 Å². The quantitative estimate of drug-likeness (QED) is 0.0663. The van der Waals surface area contributed by atoms with E-state index in [0.29, 0.717) is 152 Å². The minimum absolute atomic E-state index is 0.0872. The van der Waals surface area contributed by atoms with Gasteiger partial charge in [0.25, 0.3) is 0 Å². The topological polar surface area (TPSA) is 163 Å². The molecule has 0 aromatic heterocycles. The molecule has 0 rings (SSSR count). The maximum Gasteiger partial charge on any atom is 0.332 e. The van der Waals surface area contributed by atoms with Crippen molar-refractivity contribution in [2.24, 2.45) is 0 Å². The Labute approximate surface area is 286 Å². The number of carbonyl (C=O) groups excluding carboxylic acids is 2. The zero-order chi connectivity index (χ0) is 35.2. The van der Waals surface area contributed by atoms with Gasteiger partial charge in [-0.15, -0.1) is 0 Å². The summed E-state index contributed by atoms with van der Waals surface area (Å²) in [7, 11) is 0. The molecule has 0 atom stereocenters. The van der Waals surface area contributed by atoms with E-state index in [9.17, 15) is 9.59 Å². The van der Waals surface area contributed by atoms with Crippen LogP contribution < -0.4 is 0 Å². The van der Waals surface area contributed by atoms with Gasteiger partial charge in [-0.1, -0.05) is 0 Å². The van der Waals surface area contributed by atoms with E-state index >= 15 is 0 Å². The molecule has 0 amide bonds.